The van der Waals surface area contributed by atoms with Crippen molar-refractivity contribution in [2.45, 2.75) is 38.6 Å². The predicted octanol–water partition coefficient (Wildman–Crippen LogP) is 4.82. The minimum Gasteiger partial charge on any atom is -0.348 e. The van der Waals surface area contributed by atoms with Crippen molar-refractivity contribution < 1.29 is 17.6 Å². The number of carbonyl (C=O) groups is 1. The van der Waals surface area contributed by atoms with Gasteiger partial charge < -0.3 is 5.32 Å². The number of halogens is 1. The van der Waals surface area contributed by atoms with Crippen LogP contribution in [0.15, 0.2) is 71.6 Å². The minimum atomic E-state index is -4.09. The quantitative estimate of drug-likeness (QED) is 0.556. The third kappa shape index (κ3) is 5.34. The fourth-order valence-electron chi connectivity index (χ4n) is 3.57. The Balaban J connectivity index is 1.89. The van der Waals surface area contributed by atoms with Crippen LogP contribution >= 0.6 is 0 Å². The highest BCUT2D eigenvalue weighted by molar-refractivity contribution is 7.92. The van der Waals surface area contributed by atoms with E-state index in [4.69, 9.17) is 0 Å². The van der Waals surface area contributed by atoms with E-state index in [9.17, 15) is 17.6 Å². The molecule has 1 amide bonds. The van der Waals surface area contributed by atoms with Gasteiger partial charge in [0.15, 0.2) is 0 Å². The summed E-state index contributed by atoms with van der Waals surface area (Å²) in [5.41, 5.74) is 4.45. The van der Waals surface area contributed by atoms with Crippen LogP contribution in [-0.2, 0) is 14.8 Å². The van der Waals surface area contributed by atoms with E-state index in [1.807, 2.05) is 45.9 Å². The Kier molecular flexibility index (Phi) is 6.99. The van der Waals surface area contributed by atoms with Gasteiger partial charge in [0.25, 0.3) is 10.0 Å². The molecule has 0 bridgehead atoms. The number of carbonyl (C=O) groups excluding carboxylic acids is 1. The van der Waals surface area contributed by atoms with E-state index in [0.717, 1.165) is 38.7 Å². The van der Waals surface area contributed by atoms with Gasteiger partial charge in [0.1, 0.15) is 12.4 Å². The highest BCUT2D eigenvalue weighted by atomic mass is 32.2. The zero-order valence-electron chi connectivity index (χ0n) is 18.6. The Bertz CT molecular complexity index is 1210. The zero-order chi connectivity index (χ0) is 23.5. The third-order valence-corrected chi connectivity index (χ3v) is 7.07. The van der Waals surface area contributed by atoms with Gasteiger partial charge in [-0.1, -0.05) is 41.5 Å². The lowest BCUT2D eigenvalue weighted by Crippen LogP contribution is -2.41. The van der Waals surface area contributed by atoms with Gasteiger partial charge >= 0.3 is 0 Å². The van der Waals surface area contributed by atoms with E-state index in [1.165, 1.54) is 12.1 Å². The van der Waals surface area contributed by atoms with E-state index >= 15 is 0 Å². The Labute approximate surface area is 188 Å². The van der Waals surface area contributed by atoms with Crippen molar-refractivity contribution in [1.82, 2.24) is 5.32 Å². The minimum absolute atomic E-state index is 0.0882. The van der Waals surface area contributed by atoms with Crippen LogP contribution in [0.2, 0.25) is 0 Å². The molecule has 1 atom stereocenters. The number of hydrogen-bond donors (Lipinski definition) is 1. The van der Waals surface area contributed by atoms with Crippen LogP contribution in [0, 0.1) is 26.6 Å². The molecule has 0 aromatic heterocycles. The topological polar surface area (TPSA) is 66.5 Å². The van der Waals surface area contributed by atoms with Crippen LogP contribution in [-0.4, -0.2) is 20.9 Å². The van der Waals surface area contributed by atoms with E-state index in [-0.39, 0.29) is 10.9 Å². The van der Waals surface area contributed by atoms with Gasteiger partial charge in [-0.3, -0.25) is 9.10 Å². The molecule has 0 heterocycles. The number of amides is 1. The number of rotatable bonds is 7. The lowest BCUT2D eigenvalue weighted by Gasteiger charge is -2.25. The first-order valence-electron chi connectivity index (χ1n) is 10.3. The second-order valence-electron chi connectivity index (χ2n) is 7.95. The second kappa shape index (κ2) is 9.53. The summed E-state index contributed by atoms with van der Waals surface area (Å²) >= 11 is 0. The lowest BCUT2D eigenvalue weighted by molar-refractivity contribution is -0.120. The molecule has 168 valence electrons. The van der Waals surface area contributed by atoms with Gasteiger partial charge in [-0.15, -0.1) is 0 Å². The number of aryl methyl sites for hydroxylation is 3. The number of sulfonamides is 1. The average molecular weight is 455 g/mol. The molecule has 3 aromatic carbocycles. The molecule has 0 fully saturated rings. The van der Waals surface area contributed by atoms with Crippen LogP contribution in [0.25, 0.3) is 0 Å². The third-order valence-electron chi connectivity index (χ3n) is 5.28. The van der Waals surface area contributed by atoms with Crippen LogP contribution in [0.3, 0.4) is 0 Å². The largest absolute Gasteiger partial charge is 0.348 e. The maximum absolute atomic E-state index is 13.3. The first-order valence-corrected chi connectivity index (χ1v) is 11.7. The van der Waals surface area contributed by atoms with Crippen molar-refractivity contribution in [3.8, 4) is 0 Å². The molecular weight excluding hydrogens is 427 g/mol. The fraction of sp³-hybridized carbons (Fsp3) is 0.240. The second-order valence-corrected chi connectivity index (χ2v) is 9.81. The Hall–Kier alpha value is -3.19. The summed E-state index contributed by atoms with van der Waals surface area (Å²) in [4.78, 5) is 12.8. The molecule has 0 aliphatic carbocycles. The molecule has 5 nitrogen and oxygen atoms in total. The van der Waals surface area contributed by atoms with Gasteiger partial charge in [-0.05, 0) is 75.2 Å². The maximum atomic E-state index is 13.3. The zero-order valence-corrected chi connectivity index (χ0v) is 19.4. The highest BCUT2D eigenvalue weighted by Gasteiger charge is 2.28. The Morgan fingerprint density at radius 3 is 2.12 bits per heavy atom. The highest BCUT2D eigenvalue weighted by Crippen LogP contribution is 2.25. The molecular formula is C25H27FN2O3S. The van der Waals surface area contributed by atoms with Crippen molar-refractivity contribution >= 4 is 21.6 Å². The summed E-state index contributed by atoms with van der Waals surface area (Å²) in [6.45, 7) is 7.32. The molecule has 1 unspecified atom stereocenters. The van der Waals surface area contributed by atoms with Gasteiger partial charge in [-0.2, -0.15) is 0 Å². The summed E-state index contributed by atoms with van der Waals surface area (Å²) in [7, 11) is -4.09. The average Bonchev–Trinajstić information content (AvgIpc) is 2.73. The summed E-state index contributed by atoms with van der Waals surface area (Å²) < 4.78 is 41.1. The number of nitrogens with zero attached hydrogens (tertiary/aromatic N) is 1. The number of hydrogen-bond acceptors (Lipinski definition) is 3. The lowest BCUT2D eigenvalue weighted by atomic mass is 10.0. The van der Waals surface area contributed by atoms with Gasteiger partial charge in [-0.25, -0.2) is 12.8 Å². The summed E-state index contributed by atoms with van der Waals surface area (Å²) in [6.07, 6.45) is 0. The Morgan fingerprint density at radius 1 is 0.938 bits per heavy atom. The van der Waals surface area contributed by atoms with Gasteiger partial charge in [0.2, 0.25) is 5.91 Å². The molecule has 1 N–H and O–H groups in total. The van der Waals surface area contributed by atoms with Crippen LogP contribution in [0.5, 0.6) is 0 Å². The van der Waals surface area contributed by atoms with Crippen LogP contribution < -0.4 is 9.62 Å². The SMILES string of the molecule is Cc1ccc(N(CC(=O)NC(C)c2ccc(C)cc2C)S(=O)(=O)c2ccc(F)cc2)cc1. The molecule has 7 heteroatoms. The number of nitrogens with one attached hydrogen (secondary N) is 1. The number of anilines is 1. The fourth-order valence-corrected chi connectivity index (χ4v) is 4.99. The van der Waals surface area contributed by atoms with Crippen LogP contribution in [0.4, 0.5) is 10.1 Å². The molecule has 0 aliphatic rings. The van der Waals surface area contributed by atoms with Crippen molar-refractivity contribution in [1.29, 1.82) is 0 Å². The monoisotopic (exact) mass is 454 g/mol. The molecule has 0 radical (unpaired) electrons. The first kappa shape index (κ1) is 23.5. The van der Waals surface area contributed by atoms with Gasteiger partial charge in [0, 0.05) is 0 Å². The molecule has 0 saturated heterocycles. The smallest absolute Gasteiger partial charge is 0.264 e. The van der Waals surface area contributed by atoms with E-state index in [1.54, 1.807) is 24.3 Å². The predicted molar refractivity (Wildman–Crippen MR) is 125 cm³/mol. The summed E-state index contributed by atoms with van der Waals surface area (Å²) in [5, 5.41) is 2.90. The van der Waals surface area contributed by atoms with E-state index in [2.05, 4.69) is 5.32 Å². The molecule has 0 spiro atoms. The molecule has 0 aliphatic heterocycles. The first-order chi connectivity index (χ1) is 15.1. The molecule has 3 aromatic rings. The normalized spacial score (nSPS) is 12.3. The summed E-state index contributed by atoms with van der Waals surface area (Å²) in [6, 6.07) is 17.1. The molecule has 3 rings (SSSR count). The van der Waals surface area contributed by atoms with Crippen molar-refractivity contribution in [3.05, 3.63) is 94.8 Å². The van der Waals surface area contributed by atoms with E-state index in [0.29, 0.717) is 5.69 Å². The summed E-state index contributed by atoms with van der Waals surface area (Å²) in [5.74, 6) is -0.977. The van der Waals surface area contributed by atoms with Gasteiger partial charge in [0.05, 0.1) is 16.6 Å². The maximum Gasteiger partial charge on any atom is 0.264 e. The Morgan fingerprint density at radius 2 is 1.53 bits per heavy atom. The van der Waals surface area contributed by atoms with Crippen molar-refractivity contribution in [2.75, 3.05) is 10.8 Å². The molecule has 32 heavy (non-hydrogen) atoms. The number of benzene rings is 3. The van der Waals surface area contributed by atoms with Crippen LogP contribution in [0.1, 0.15) is 35.2 Å². The van der Waals surface area contributed by atoms with E-state index < -0.39 is 28.3 Å². The molecule has 0 saturated carbocycles. The van der Waals surface area contributed by atoms with Crippen molar-refractivity contribution in [2.24, 2.45) is 0 Å². The van der Waals surface area contributed by atoms with Crippen molar-refractivity contribution in [3.63, 3.8) is 0 Å². The standard InChI is InChI=1S/C25H27FN2O3S/c1-17-5-10-22(11-6-17)28(32(30,31)23-12-8-21(26)9-13-23)16-25(29)27-20(4)24-14-7-18(2)15-19(24)3/h5-15,20H,16H2,1-4H3,(H,27,29).